The first kappa shape index (κ1) is 35.7. The van der Waals surface area contributed by atoms with Crippen molar-refractivity contribution in [3.63, 3.8) is 0 Å². The first-order valence-electron chi connectivity index (χ1n) is 20.1. The molecule has 2 nitrogen and oxygen atoms in total. The molecule has 5 unspecified atom stereocenters. The lowest BCUT2D eigenvalue weighted by Crippen LogP contribution is -2.26. The molecule has 2 heteroatoms. The maximum Gasteiger partial charge on any atom is 0.124 e. The van der Waals surface area contributed by atoms with E-state index < -0.39 is 0 Å². The fourth-order valence-electron chi connectivity index (χ4n) is 8.87. The Morgan fingerprint density at radius 3 is 2.43 bits per heavy atom. The monoisotopic (exact) mass is 707 g/mol. The standard InChI is InChI=1S/C52H53NO/c1-37-13-9-10-15-40(33-37)34-39(3)41-20-26-47(27-21-41)53(49-19-12-18-44(36-49)42-16-7-4-8-17-42)48-28-22-43(23-29-48)45-24-30-50-46(35-45)25-31-51-52(50)38(2)14-6-5-11-32-54-51/h4-19,22-26,28-31,34-35,37-38,40-41,44H,20-21,27,32-33,36H2,1-3H3/b11-5-,14-6-,39-34+. The summed E-state index contributed by atoms with van der Waals surface area (Å²) in [6.07, 6.45) is 35.2. The number of hydrogen-bond donors (Lipinski definition) is 0. The highest BCUT2D eigenvalue weighted by Crippen LogP contribution is 2.41. The average Bonchev–Trinajstić information content (AvgIpc) is 3.36. The second-order valence-corrected chi connectivity index (χ2v) is 15.7. The highest BCUT2D eigenvalue weighted by molar-refractivity contribution is 5.92. The Balaban J connectivity index is 1.08. The lowest BCUT2D eigenvalue weighted by molar-refractivity contribution is 0.359. The zero-order valence-corrected chi connectivity index (χ0v) is 32.1. The van der Waals surface area contributed by atoms with E-state index in [1.807, 2.05) is 0 Å². The summed E-state index contributed by atoms with van der Waals surface area (Å²) in [6, 6.07) is 31.5. The van der Waals surface area contributed by atoms with Gasteiger partial charge in [0.05, 0.1) is 0 Å². The number of allylic oxidation sites excluding steroid dienone is 15. The van der Waals surface area contributed by atoms with Crippen LogP contribution in [0.4, 0.5) is 5.69 Å². The van der Waals surface area contributed by atoms with Gasteiger partial charge in [0.25, 0.3) is 0 Å². The third-order valence-corrected chi connectivity index (χ3v) is 11.8. The molecule has 0 amide bonds. The topological polar surface area (TPSA) is 12.5 Å². The first-order valence-corrected chi connectivity index (χ1v) is 20.1. The number of nitrogens with zero attached hydrogens (tertiary/aromatic N) is 1. The van der Waals surface area contributed by atoms with Gasteiger partial charge in [0.15, 0.2) is 0 Å². The van der Waals surface area contributed by atoms with Crippen LogP contribution in [0.1, 0.15) is 75.8 Å². The second kappa shape index (κ2) is 16.4. The summed E-state index contributed by atoms with van der Waals surface area (Å²) in [5.74, 6) is 3.32. The molecule has 0 fully saturated rings. The summed E-state index contributed by atoms with van der Waals surface area (Å²) < 4.78 is 6.17. The highest BCUT2D eigenvalue weighted by atomic mass is 16.5. The van der Waals surface area contributed by atoms with Gasteiger partial charge >= 0.3 is 0 Å². The molecule has 0 bridgehead atoms. The van der Waals surface area contributed by atoms with Crippen LogP contribution >= 0.6 is 0 Å². The minimum atomic E-state index is 0.261. The highest BCUT2D eigenvalue weighted by Gasteiger charge is 2.26. The first-order chi connectivity index (χ1) is 26.5. The van der Waals surface area contributed by atoms with Crippen LogP contribution in [0.25, 0.3) is 21.9 Å². The third-order valence-electron chi connectivity index (χ3n) is 11.8. The minimum absolute atomic E-state index is 0.261. The van der Waals surface area contributed by atoms with Gasteiger partial charge in [-0.2, -0.15) is 0 Å². The van der Waals surface area contributed by atoms with Crippen molar-refractivity contribution in [1.82, 2.24) is 0 Å². The zero-order valence-electron chi connectivity index (χ0n) is 32.1. The van der Waals surface area contributed by atoms with E-state index in [0.29, 0.717) is 30.3 Å². The molecule has 0 saturated heterocycles. The Labute approximate surface area is 323 Å². The molecule has 0 N–H and O–H groups in total. The molecule has 5 atom stereocenters. The van der Waals surface area contributed by atoms with Gasteiger partial charge in [-0.05, 0) is 121 Å². The van der Waals surface area contributed by atoms with Crippen molar-refractivity contribution < 1.29 is 4.74 Å². The summed E-state index contributed by atoms with van der Waals surface area (Å²) in [5.41, 5.74) is 10.7. The van der Waals surface area contributed by atoms with Crippen LogP contribution in [0.2, 0.25) is 0 Å². The van der Waals surface area contributed by atoms with Gasteiger partial charge in [0.1, 0.15) is 12.4 Å². The number of rotatable bonds is 7. The molecule has 0 spiro atoms. The summed E-state index contributed by atoms with van der Waals surface area (Å²) >= 11 is 0. The van der Waals surface area contributed by atoms with E-state index in [1.165, 1.54) is 62.9 Å². The van der Waals surface area contributed by atoms with E-state index in [0.717, 1.165) is 25.0 Å². The lowest BCUT2D eigenvalue weighted by atomic mass is 9.83. The van der Waals surface area contributed by atoms with E-state index in [4.69, 9.17) is 4.74 Å². The molecule has 0 radical (unpaired) electrons. The maximum absolute atomic E-state index is 6.17. The lowest BCUT2D eigenvalue weighted by Gasteiger charge is -2.36. The molecule has 272 valence electrons. The van der Waals surface area contributed by atoms with Crippen molar-refractivity contribution in [3.8, 4) is 16.9 Å². The molecule has 0 saturated carbocycles. The Kier molecular flexibility index (Phi) is 10.8. The summed E-state index contributed by atoms with van der Waals surface area (Å²) in [6.45, 7) is 7.53. The number of benzene rings is 4. The van der Waals surface area contributed by atoms with Gasteiger partial charge in [-0.15, -0.1) is 0 Å². The molecular weight excluding hydrogens is 655 g/mol. The molecule has 4 aromatic rings. The molecular formula is C52H53NO. The molecule has 3 aliphatic carbocycles. The van der Waals surface area contributed by atoms with Crippen LogP contribution in [0.5, 0.6) is 5.75 Å². The smallest absolute Gasteiger partial charge is 0.124 e. The van der Waals surface area contributed by atoms with Crippen molar-refractivity contribution in [3.05, 3.63) is 192 Å². The van der Waals surface area contributed by atoms with Crippen LogP contribution in [0.15, 0.2) is 181 Å². The fourth-order valence-corrected chi connectivity index (χ4v) is 8.87. The number of ether oxygens (including phenoxy) is 1. The predicted molar refractivity (Wildman–Crippen MR) is 230 cm³/mol. The summed E-state index contributed by atoms with van der Waals surface area (Å²) in [5, 5.41) is 2.50. The van der Waals surface area contributed by atoms with Crippen LogP contribution < -0.4 is 9.64 Å². The minimum Gasteiger partial charge on any atom is -0.489 e. The maximum atomic E-state index is 6.17. The van der Waals surface area contributed by atoms with Gasteiger partial charge in [-0.1, -0.05) is 147 Å². The van der Waals surface area contributed by atoms with E-state index in [1.54, 1.807) is 5.57 Å². The van der Waals surface area contributed by atoms with E-state index in [-0.39, 0.29) is 5.92 Å². The van der Waals surface area contributed by atoms with Gasteiger partial charge < -0.3 is 9.64 Å². The van der Waals surface area contributed by atoms with Crippen molar-refractivity contribution in [2.75, 3.05) is 11.5 Å². The normalized spacial score (nSPS) is 25.2. The number of anilines is 1. The Morgan fingerprint density at radius 2 is 1.59 bits per heavy atom. The largest absolute Gasteiger partial charge is 0.489 e. The quantitative estimate of drug-likeness (QED) is 0.177. The van der Waals surface area contributed by atoms with Crippen LogP contribution in [-0.2, 0) is 0 Å². The van der Waals surface area contributed by atoms with Crippen LogP contribution in [-0.4, -0.2) is 6.61 Å². The van der Waals surface area contributed by atoms with Gasteiger partial charge in [0, 0.05) is 34.5 Å². The average molecular weight is 708 g/mol. The molecule has 1 aliphatic heterocycles. The van der Waals surface area contributed by atoms with Crippen molar-refractivity contribution in [2.45, 2.75) is 64.7 Å². The molecule has 54 heavy (non-hydrogen) atoms. The van der Waals surface area contributed by atoms with Gasteiger partial charge in [-0.3, -0.25) is 0 Å². The zero-order chi connectivity index (χ0) is 36.9. The molecule has 1 heterocycles. The van der Waals surface area contributed by atoms with Crippen molar-refractivity contribution >= 4 is 16.5 Å². The summed E-state index contributed by atoms with van der Waals surface area (Å²) in [7, 11) is 0. The molecule has 4 aromatic carbocycles. The number of hydrogen-bond acceptors (Lipinski definition) is 2. The Morgan fingerprint density at radius 1 is 0.778 bits per heavy atom. The Bertz CT molecular complexity index is 2210. The van der Waals surface area contributed by atoms with Gasteiger partial charge in [0.2, 0.25) is 0 Å². The van der Waals surface area contributed by atoms with Gasteiger partial charge in [-0.25, -0.2) is 0 Å². The summed E-state index contributed by atoms with van der Waals surface area (Å²) in [4.78, 5) is 2.57. The van der Waals surface area contributed by atoms with Crippen LogP contribution in [0, 0.1) is 17.8 Å². The SMILES string of the molecule is C/C(=C\C1C=CC=CC(C)C1)C1CC=C(N(C2=CC=CC(c3ccccc3)C2)c2ccc(-c3ccc4c5c(ccc4c3)OC/C=C\C=C/C5C)cc2)CC1. The van der Waals surface area contributed by atoms with Crippen LogP contribution in [0.3, 0.4) is 0 Å². The molecule has 8 rings (SSSR count). The number of fused-ring (bicyclic) bond motifs is 3. The van der Waals surface area contributed by atoms with E-state index >= 15 is 0 Å². The molecule has 0 aromatic heterocycles. The van der Waals surface area contributed by atoms with Crippen molar-refractivity contribution in [2.24, 2.45) is 17.8 Å². The fraction of sp³-hybridized carbons (Fsp3) is 0.269. The second-order valence-electron chi connectivity index (χ2n) is 15.7. The third kappa shape index (κ3) is 7.94. The van der Waals surface area contributed by atoms with E-state index in [9.17, 15) is 0 Å². The molecule has 4 aliphatic rings. The Hall–Kier alpha value is -5.34. The van der Waals surface area contributed by atoms with Crippen molar-refractivity contribution in [1.29, 1.82) is 0 Å². The van der Waals surface area contributed by atoms with E-state index in [2.05, 4.69) is 190 Å². The predicted octanol–water partition coefficient (Wildman–Crippen LogP) is 13.9.